The van der Waals surface area contributed by atoms with E-state index < -0.39 is 11.8 Å². The number of nitrogens with zero attached hydrogens (tertiary/aromatic N) is 1. The zero-order chi connectivity index (χ0) is 18.7. The largest absolute Gasteiger partial charge is 0.456 e. The zero-order valence-electron chi connectivity index (χ0n) is 13.4. The summed E-state index contributed by atoms with van der Waals surface area (Å²) in [6.07, 6.45) is 1.20. The van der Waals surface area contributed by atoms with Crippen molar-refractivity contribution in [1.29, 1.82) is 0 Å². The number of carbonyl (C=O) groups is 2. The Morgan fingerprint density at radius 1 is 1.08 bits per heavy atom. The van der Waals surface area contributed by atoms with Crippen molar-refractivity contribution in [2.75, 3.05) is 18.5 Å². The molecule has 0 bridgehead atoms. The van der Waals surface area contributed by atoms with Gasteiger partial charge in [-0.1, -0.05) is 23.2 Å². The molecule has 0 saturated heterocycles. The molecule has 26 heavy (non-hydrogen) atoms. The predicted octanol–water partition coefficient (Wildman–Crippen LogP) is 3.44. The van der Waals surface area contributed by atoms with Crippen LogP contribution in [-0.2, 0) is 9.59 Å². The van der Waals surface area contributed by atoms with Gasteiger partial charge in [-0.25, -0.2) is 0 Å². The van der Waals surface area contributed by atoms with Gasteiger partial charge in [-0.2, -0.15) is 0 Å². The van der Waals surface area contributed by atoms with Crippen LogP contribution in [0.15, 0.2) is 54.2 Å². The molecule has 1 aliphatic heterocycles. The number of hydrogen-bond donors (Lipinski definition) is 2. The average Bonchev–Trinajstić information content (AvgIpc) is 2.87. The molecule has 2 N–H and O–H groups in total. The average molecular weight is 393 g/mol. The molecule has 8 heteroatoms. The summed E-state index contributed by atoms with van der Waals surface area (Å²) < 4.78 is 5.69. The molecular weight excluding hydrogens is 379 g/mol. The van der Waals surface area contributed by atoms with Crippen LogP contribution in [0.1, 0.15) is 0 Å². The summed E-state index contributed by atoms with van der Waals surface area (Å²) in [6.45, 7) is -0.314. The number of carbonyl (C=O) groups excluding carboxylic acids is 2. The lowest BCUT2D eigenvalue weighted by Crippen LogP contribution is -2.34. The van der Waals surface area contributed by atoms with Crippen molar-refractivity contribution in [1.82, 2.24) is 4.90 Å². The van der Waals surface area contributed by atoms with Crippen LogP contribution in [-0.4, -0.2) is 35.0 Å². The van der Waals surface area contributed by atoms with Gasteiger partial charge in [0.05, 0.1) is 18.2 Å². The summed E-state index contributed by atoms with van der Waals surface area (Å²) in [5.74, 6) is 0.0846. The summed E-state index contributed by atoms with van der Waals surface area (Å²) in [5.41, 5.74) is 0.760. The van der Waals surface area contributed by atoms with Gasteiger partial charge in [0, 0.05) is 16.8 Å². The third kappa shape index (κ3) is 3.99. The lowest BCUT2D eigenvalue weighted by atomic mass is 10.2. The molecule has 0 aliphatic carbocycles. The van der Waals surface area contributed by atoms with E-state index in [4.69, 9.17) is 33.0 Å². The molecule has 3 rings (SSSR count). The first-order valence-corrected chi connectivity index (χ1v) is 8.42. The molecule has 0 saturated carbocycles. The van der Waals surface area contributed by atoms with Crippen molar-refractivity contribution in [3.05, 3.63) is 64.3 Å². The van der Waals surface area contributed by atoms with Gasteiger partial charge in [0.25, 0.3) is 11.8 Å². The minimum atomic E-state index is -0.475. The number of β-amino-alcohol motifs (C(OH)–C–C–N with tert-alkyl or cyclic N) is 1. The number of benzene rings is 2. The van der Waals surface area contributed by atoms with E-state index in [2.05, 4.69) is 5.32 Å². The quantitative estimate of drug-likeness (QED) is 0.736. The van der Waals surface area contributed by atoms with E-state index in [1.807, 2.05) is 0 Å². The number of rotatable bonds is 6. The summed E-state index contributed by atoms with van der Waals surface area (Å²) >= 11 is 11.9. The minimum absolute atomic E-state index is 0.0338. The monoisotopic (exact) mass is 392 g/mol. The lowest BCUT2D eigenvalue weighted by molar-refractivity contribution is -0.137. The van der Waals surface area contributed by atoms with E-state index in [1.165, 1.54) is 6.08 Å². The number of aliphatic hydroxyl groups excluding tert-OH is 1. The molecule has 0 aromatic heterocycles. The number of hydrogen-bond acceptors (Lipinski definition) is 5. The van der Waals surface area contributed by atoms with E-state index in [0.29, 0.717) is 27.2 Å². The molecule has 6 nitrogen and oxygen atoms in total. The SMILES string of the molecule is O=C1C=C(Nc2ccc(Oc3ccc(Cl)cc3Cl)cc2)C(=O)N1CCO. The Hall–Kier alpha value is -2.54. The molecule has 1 aliphatic rings. The van der Waals surface area contributed by atoms with Crippen LogP contribution in [0.2, 0.25) is 10.0 Å². The highest BCUT2D eigenvalue weighted by Gasteiger charge is 2.30. The smallest absolute Gasteiger partial charge is 0.277 e. The van der Waals surface area contributed by atoms with Gasteiger partial charge in [-0.15, -0.1) is 0 Å². The molecular formula is C18H14Cl2N2O4. The highest BCUT2D eigenvalue weighted by atomic mass is 35.5. The molecule has 1 heterocycles. The van der Waals surface area contributed by atoms with E-state index in [-0.39, 0.29) is 18.8 Å². The first-order valence-electron chi connectivity index (χ1n) is 7.66. The molecule has 0 fully saturated rings. The van der Waals surface area contributed by atoms with Gasteiger partial charge in [0.15, 0.2) is 0 Å². The third-order valence-electron chi connectivity index (χ3n) is 3.59. The summed E-state index contributed by atoms with van der Waals surface area (Å²) in [7, 11) is 0. The van der Waals surface area contributed by atoms with Gasteiger partial charge in [0.1, 0.15) is 17.2 Å². The molecule has 0 spiro atoms. The fourth-order valence-electron chi connectivity index (χ4n) is 2.36. The normalized spacial score (nSPS) is 13.8. The molecule has 0 atom stereocenters. The third-order valence-corrected chi connectivity index (χ3v) is 4.12. The van der Waals surface area contributed by atoms with Crippen LogP contribution in [0.25, 0.3) is 0 Å². The fraction of sp³-hybridized carbons (Fsp3) is 0.111. The van der Waals surface area contributed by atoms with Crippen LogP contribution >= 0.6 is 23.2 Å². The first kappa shape index (κ1) is 18.3. The summed E-state index contributed by atoms with van der Waals surface area (Å²) in [5, 5.41) is 12.7. The standard InChI is InChI=1S/C18H14Cl2N2O4/c19-11-1-6-16(14(20)9-11)26-13-4-2-12(3-5-13)21-15-10-17(24)22(7-8-23)18(15)25/h1-6,9-10,21,23H,7-8H2. The molecule has 134 valence electrons. The van der Waals surface area contributed by atoms with Crippen LogP contribution in [0.5, 0.6) is 11.5 Å². The number of imide groups is 1. The van der Waals surface area contributed by atoms with Crippen molar-refractivity contribution in [2.45, 2.75) is 0 Å². The predicted molar refractivity (Wildman–Crippen MR) is 98.5 cm³/mol. The number of ether oxygens (including phenoxy) is 1. The molecule has 2 aromatic carbocycles. The second kappa shape index (κ2) is 7.78. The van der Waals surface area contributed by atoms with Crippen molar-refractivity contribution in [3.63, 3.8) is 0 Å². The van der Waals surface area contributed by atoms with Crippen molar-refractivity contribution >= 4 is 40.7 Å². The van der Waals surface area contributed by atoms with Crippen molar-refractivity contribution in [3.8, 4) is 11.5 Å². The lowest BCUT2D eigenvalue weighted by Gasteiger charge is -2.13. The van der Waals surface area contributed by atoms with E-state index >= 15 is 0 Å². The van der Waals surface area contributed by atoms with E-state index in [1.54, 1.807) is 42.5 Å². The second-order valence-electron chi connectivity index (χ2n) is 5.40. The maximum atomic E-state index is 12.1. The van der Waals surface area contributed by atoms with Crippen LogP contribution in [0, 0.1) is 0 Å². The number of nitrogens with one attached hydrogen (secondary N) is 1. The number of anilines is 1. The zero-order valence-corrected chi connectivity index (χ0v) is 14.9. The Kier molecular flexibility index (Phi) is 5.46. The Labute approximate surface area is 159 Å². The van der Waals surface area contributed by atoms with Crippen LogP contribution in [0.3, 0.4) is 0 Å². The number of aliphatic hydroxyl groups is 1. The Bertz CT molecular complexity index is 881. The summed E-state index contributed by atoms with van der Waals surface area (Å²) in [4.78, 5) is 24.8. The maximum Gasteiger partial charge on any atom is 0.277 e. The van der Waals surface area contributed by atoms with Crippen molar-refractivity contribution in [2.24, 2.45) is 0 Å². The Morgan fingerprint density at radius 2 is 1.81 bits per heavy atom. The Balaban J connectivity index is 1.68. The number of halogens is 2. The highest BCUT2D eigenvalue weighted by Crippen LogP contribution is 2.32. The van der Waals surface area contributed by atoms with Gasteiger partial charge in [0.2, 0.25) is 0 Å². The second-order valence-corrected chi connectivity index (χ2v) is 6.25. The minimum Gasteiger partial charge on any atom is -0.456 e. The fourth-order valence-corrected chi connectivity index (χ4v) is 2.80. The van der Waals surface area contributed by atoms with Gasteiger partial charge in [-0.05, 0) is 42.5 Å². The molecule has 0 radical (unpaired) electrons. The van der Waals surface area contributed by atoms with E-state index in [9.17, 15) is 9.59 Å². The van der Waals surface area contributed by atoms with Gasteiger partial charge in [-0.3, -0.25) is 14.5 Å². The van der Waals surface area contributed by atoms with Crippen LogP contribution < -0.4 is 10.1 Å². The van der Waals surface area contributed by atoms with E-state index in [0.717, 1.165) is 4.90 Å². The van der Waals surface area contributed by atoms with Crippen molar-refractivity contribution < 1.29 is 19.4 Å². The molecule has 2 amide bonds. The van der Waals surface area contributed by atoms with Gasteiger partial charge < -0.3 is 15.2 Å². The maximum absolute atomic E-state index is 12.1. The number of amides is 2. The van der Waals surface area contributed by atoms with Gasteiger partial charge >= 0.3 is 0 Å². The molecule has 2 aromatic rings. The Morgan fingerprint density at radius 3 is 2.46 bits per heavy atom. The first-order chi connectivity index (χ1) is 12.5. The van der Waals surface area contributed by atoms with Crippen LogP contribution in [0.4, 0.5) is 5.69 Å². The molecule has 0 unspecified atom stereocenters. The summed E-state index contributed by atoms with van der Waals surface area (Å²) in [6, 6.07) is 11.7. The highest BCUT2D eigenvalue weighted by molar-refractivity contribution is 6.35. The topological polar surface area (TPSA) is 78.9 Å².